The molecule has 4 heteroatoms. The van der Waals surface area contributed by atoms with Gasteiger partial charge in [0, 0.05) is 53.2 Å². The predicted octanol–water partition coefficient (Wildman–Crippen LogP) is 2.69. The first kappa shape index (κ1) is 12.3. The van der Waals surface area contributed by atoms with Crippen molar-refractivity contribution in [2.24, 2.45) is 7.05 Å². The number of nitrogens with one attached hydrogen (secondary N) is 2. The molecule has 1 aromatic heterocycles. The van der Waals surface area contributed by atoms with E-state index in [2.05, 4.69) is 27.3 Å². The summed E-state index contributed by atoms with van der Waals surface area (Å²) in [6, 6.07) is 8.07. The van der Waals surface area contributed by atoms with Gasteiger partial charge in [-0.25, -0.2) is 0 Å². The second kappa shape index (κ2) is 4.52. The highest BCUT2D eigenvalue weighted by molar-refractivity contribution is 6.08. The molecule has 4 rings (SSSR count). The third-order valence-corrected chi connectivity index (χ3v) is 4.30. The van der Waals surface area contributed by atoms with E-state index in [1.165, 1.54) is 11.3 Å². The van der Waals surface area contributed by atoms with E-state index >= 15 is 0 Å². The van der Waals surface area contributed by atoms with Crippen LogP contribution in [0.1, 0.15) is 12.8 Å². The molecule has 0 saturated carbocycles. The summed E-state index contributed by atoms with van der Waals surface area (Å²) in [7, 11) is 2.02. The lowest BCUT2D eigenvalue weighted by Crippen LogP contribution is -2.35. The Kier molecular flexibility index (Phi) is 2.64. The van der Waals surface area contributed by atoms with Gasteiger partial charge in [0.1, 0.15) is 0 Å². The summed E-state index contributed by atoms with van der Waals surface area (Å²) in [6.45, 7) is 0.812. The van der Waals surface area contributed by atoms with Gasteiger partial charge in [-0.05, 0) is 37.1 Å². The average molecular weight is 279 g/mol. The van der Waals surface area contributed by atoms with E-state index in [-0.39, 0.29) is 5.91 Å². The Hall–Kier alpha value is -2.49. The SMILES string of the molecule is Cn1ccc2cc(NC(=O)C3=CCCC4=C3CN4)ccc21. The topological polar surface area (TPSA) is 46.1 Å². The molecule has 0 atom stereocenters. The molecule has 106 valence electrons. The van der Waals surface area contributed by atoms with Gasteiger partial charge in [-0.2, -0.15) is 0 Å². The van der Waals surface area contributed by atoms with Crippen molar-refractivity contribution in [3.05, 3.63) is 53.4 Å². The van der Waals surface area contributed by atoms with Crippen molar-refractivity contribution in [2.75, 3.05) is 11.9 Å². The van der Waals surface area contributed by atoms with Gasteiger partial charge >= 0.3 is 0 Å². The van der Waals surface area contributed by atoms with E-state index in [9.17, 15) is 4.79 Å². The Labute approximate surface area is 123 Å². The summed E-state index contributed by atoms with van der Waals surface area (Å²) in [5.41, 5.74) is 5.27. The lowest BCUT2D eigenvalue weighted by atomic mass is 9.89. The van der Waals surface area contributed by atoms with Crippen molar-refractivity contribution in [1.82, 2.24) is 9.88 Å². The highest BCUT2D eigenvalue weighted by Gasteiger charge is 2.26. The maximum atomic E-state index is 12.5. The number of nitrogens with zero attached hydrogens (tertiary/aromatic N) is 1. The summed E-state index contributed by atoms with van der Waals surface area (Å²) < 4.78 is 2.07. The van der Waals surface area contributed by atoms with Crippen molar-refractivity contribution < 1.29 is 4.79 Å². The molecule has 2 aromatic rings. The number of rotatable bonds is 2. The van der Waals surface area contributed by atoms with Gasteiger partial charge in [-0.3, -0.25) is 4.79 Å². The van der Waals surface area contributed by atoms with Gasteiger partial charge in [-0.1, -0.05) is 6.08 Å². The Bertz CT molecular complexity index is 811. The summed E-state index contributed by atoms with van der Waals surface area (Å²) in [5, 5.41) is 7.44. The molecule has 0 bridgehead atoms. The third-order valence-electron chi connectivity index (χ3n) is 4.30. The monoisotopic (exact) mass is 279 g/mol. The molecule has 0 unspecified atom stereocenters. The van der Waals surface area contributed by atoms with Crippen LogP contribution in [0.2, 0.25) is 0 Å². The molecule has 0 saturated heterocycles. The Balaban J connectivity index is 1.59. The van der Waals surface area contributed by atoms with Gasteiger partial charge in [0.15, 0.2) is 0 Å². The number of hydrogen-bond donors (Lipinski definition) is 2. The molecule has 4 nitrogen and oxygen atoms in total. The second-order valence-electron chi connectivity index (χ2n) is 5.62. The standard InChI is InChI=1S/C17H17N3O/c1-20-8-7-11-9-12(5-6-16(11)20)19-17(21)13-3-2-4-15-14(13)10-18-15/h3,5-9,18H,2,4,10H2,1H3,(H,19,21). The van der Waals surface area contributed by atoms with Crippen molar-refractivity contribution in [1.29, 1.82) is 0 Å². The number of amides is 1. The predicted molar refractivity (Wildman–Crippen MR) is 83.9 cm³/mol. The van der Waals surface area contributed by atoms with Crippen LogP contribution >= 0.6 is 0 Å². The molecule has 1 amide bonds. The lowest BCUT2D eigenvalue weighted by Gasteiger charge is -2.30. The zero-order valence-corrected chi connectivity index (χ0v) is 11.9. The van der Waals surface area contributed by atoms with E-state index in [1.807, 2.05) is 31.4 Å². The van der Waals surface area contributed by atoms with Crippen LogP contribution in [0.25, 0.3) is 10.9 Å². The van der Waals surface area contributed by atoms with Crippen molar-refractivity contribution in [2.45, 2.75) is 12.8 Å². The molecule has 1 aliphatic heterocycles. The number of benzene rings is 1. The van der Waals surface area contributed by atoms with E-state index in [4.69, 9.17) is 0 Å². The smallest absolute Gasteiger partial charge is 0.255 e. The van der Waals surface area contributed by atoms with Crippen molar-refractivity contribution >= 4 is 22.5 Å². The Morgan fingerprint density at radius 2 is 2.24 bits per heavy atom. The number of anilines is 1. The number of fused-ring (bicyclic) bond motifs is 1. The highest BCUT2D eigenvalue weighted by Crippen LogP contribution is 2.30. The van der Waals surface area contributed by atoms with Crippen molar-refractivity contribution in [3.8, 4) is 0 Å². The molecule has 21 heavy (non-hydrogen) atoms. The molecule has 2 heterocycles. The van der Waals surface area contributed by atoms with Crippen LogP contribution in [0.15, 0.2) is 53.4 Å². The summed E-state index contributed by atoms with van der Waals surface area (Å²) >= 11 is 0. The summed E-state index contributed by atoms with van der Waals surface area (Å²) in [5.74, 6) is -0.000943. The fourth-order valence-electron chi connectivity index (χ4n) is 3.07. The van der Waals surface area contributed by atoms with E-state index < -0.39 is 0 Å². The van der Waals surface area contributed by atoms with Crippen LogP contribution < -0.4 is 10.6 Å². The molecule has 0 spiro atoms. The minimum atomic E-state index is -0.000943. The Morgan fingerprint density at radius 3 is 3.05 bits per heavy atom. The molecular weight excluding hydrogens is 262 g/mol. The van der Waals surface area contributed by atoms with Gasteiger partial charge in [0.25, 0.3) is 5.91 Å². The number of carbonyl (C=O) groups is 1. The normalized spacial score (nSPS) is 16.9. The maximum Gasteiger partial charge on any atom is 0.255 e. The number of hydrogen-bond acceptors (Lipinski definition) is 2. The number of allylic oxidation sites excluding steroid dienone is 2. The number of carbonyl (C=O) groups excluding carboxylic acids is 1. The molecule has 0 fully saturated rings. The minimum absolute atomic E-state index is 0.000943. The summed E-state index contributed by atoms with van der Waals surface area (Å²) in [6.07, 6.45) is 6.04. The average Bonchev–Trinajstić information content (AvgIpc) is 2.81. The number of aryl methyl sites for hydroxylation is 1. The first-order valence-corrected chi connectivity index (χ1v) is 7.25. The second-order valence-corrected chi connectivity index (χ2v) is 5.62. The van der Waals surface area contributed by atoms with E-state index in [0.717, 1.165) is 41.5 Å². The van der Waals surface area contributed by atoms with Crippen molar-refractivity contribution in [3.63, 3.8) is 0 Å². The van der Waals surface area contributed by atoms with Crippen LogP contribution in [0.4, 0.5) is 5.69 Å². The van der Waals surface area contributed by atoms with E-state index in [1.54, 1.807) is 0 Å². The fourth-order valence-corrected chi connectivity index (χ4v) is 3.07. The van der Waals surface area contributed by atoms with Gasteiger partial charge in [0.05, 0.1) is 0 Å². The Morgan fingerprint density at radius 1 is 1.33 bits per heavy atom. The van der Waals surface area contributed by atoms with Crippen LogP contribution in [0.3, 0.4) is 0 Å². The van der Waals surface area contributed by atoms with Crippen LogP contribution in [-0.4, -0.2) is 17.0 Å². The number of aromatic nitrogens is 1. The highest BCUT2D eigenvalue weighted by atomic mass is 16.1. The first-order chi connectivity index (χ1) is 10.2. The largest absolute Gasteiger partial charge is 0.384 e. The lowest BCUT2D eigenvalue weighted by molar-refractivity contribution is -0.112. The third kappa shape index (κ3) is 1.95. The van der Waals surface area contributed by atoms with Gasteiger partial charge in [0.2, 0.25) is 0 Å². The van der Waals surface area contributed by atoms with Crippen LogP contribution in [0, 0.1) is 0 Å². The molecule has 0 radical (unpaired) electrons. The fraction of sp³-hybridized carbons (Fsp3) is 0.235. The molecule has 2 N–H and O–H groups in total. The molecule has 1 aromatic carbocycles. The molecule has 2 aliphatic rings. The zero-order chi connectivity index (χ0) is 14.4. The van der Waals surface area contributed by atoms with E-state index in [0.29, 0.717) is 0 Å². The summed E-state index contributed by atoms with van der Waals surface area (Å²) in [4.78, 5) is 12.5. The van der Waals surface area contributed by atoms with Gasteiger partial charge < -0.3 is 15.2 Å². The van der Waals surface area contributed by atoms with Crippen LogP contribution in [-0.2, 0) is 11.8 Å². The molecular formula is C17H17N3O. The first-order valence-electron chi connectivity index (χ1n) is 7.25. The quantitative estimate of drug-likeness (QED) is 0.888. The minimum Gasteiger partial charge on any atom is -0.384 e. The maximum absolute atomic E-state index is 12.5. The zero-order valence-electron chi connectivity index (χ0n) is 11.9. The van der Waals surface area contributed by atoms with Crippen LogP contribution in [0.5, 0.6) is 0 Å². The van der Waals surface area contributed by atoms with Gasteiger partial charge in [-0.15, -0.1) is 0 Å². The molecule has 1 aliphatic carbocycles.